The van der Waals surface area contributed by atoms with Gasteiger partial charge in [0.05, 0.1) is 6.61 Å². The first kappa shape index (κ1) is 17.3. The third kappa shape index (κ3) is 4.29. The fraction of sp³-hybridized carbons (Fsp3) is 0.350. The van der Waals surface area contributed by atoms with Crippen LogP contribution >= 0.6 is 0 Å². The molecule has 0 bridgehead atoms. The fourth-order valence-electron chi connectivity index (χ4n) is 3.21. The Morgan fingerprint density at radius 2 is 2.12 bits per heavy atom. The van der Waals surface area contributed by atoms with Crippen LogP contribution in [0.1, 0.15) is 23.5 Å². The minimum atomic E-state index is -0.215. The Morgan fingerprint density at radius 3 is 2.92 bits per heavy atom. The number of hydrogen-bond donors (Lipinski definition) is 1. The molecule has 0 saturated carbocycles. The molecule has 0 aromatic heterocycles. The van der Waals surface area contributed by atoms with Gasteiger partial charge in [-0.3, -0.25) is 4.99 Å². The summed E-state index contributed by atoms with van der Waals surface area (Å²) in [7, 11) is 3.72. The number of halogens is 1. The van der Waals surface area contributed by atoms with Crippen LogP contribution in [0, 0.1) is 5.82 Å². The topological polar surface area (TPSA) is 36.9 Å². The smallest absolute Gasteiger partial charge is 0.193 e. The van der Waals surface area contributed by atoms with Crippen molar-refractivity contribution in [2.75, 3.05) is 27.2 Å². The van der Waals surface area contributed by atoms with Crippen LogP contribution in [0.3, 0.4) is 0 Å². The summed E-state index contributed by atoms with van der Waals surface area (Å²) in [6.07, 6.45) is 0.981. The quantitative estimate of drug-likeness (QED) is 0.684. The van der Waals surface area contributed by atoms with Crippen molar-refractivity contribution in [2.24, 2.45) is 4.99 Å². The van der Waals surface area contributed by atoms with E-state index in [1.807, 2.05) is 36.2 Å². The highest BCUT2D eigenvalue weighted by atomic mass is 19.1. The number of guanidine groups is 1. The second-order valence-corrected chi connectivity index (χ2v) is 6.29. The van der Waals surface area contributed by atoms with Gasteiger partial charge < -0.3 is 15.0 Å². The maximum Gasteiger partial charge on any atom is 0.193 e. The number of para-hydroxylation sites is 1. The van der Waals surface area contributed by atoms with Crippen LogP contribution in [-0.2, 0) is 6.54 Å². The SMILES string of the molecule is CN=C(NCC1CCOc2ccccc21)N(C)Cc1cccc(F)c1. The largest absolute Gasteiger partial charge is 0.493 e. The van der Waals surface area contributed by atoms with Crippen molar-refractivity contribution in [3.8, 4) is 5.75 Å². The molecule has 0 fully saturated rings. The molecule has 0 radical (unpaired) electrons. The molecule has 2 aromatic carbocycles. The van der Waals surface area contributed by atoms with E-state index in [4.69, 9.17) is 4.74 Å². The lowest BCUT2D eigenvalue weighted by molar-refractivity contribution is 0.266. The summed E-state index contributed by atoms with van der Waals surface area (Å²) in [5.74, 6) is 1.95. The zero-order chi connectivity index (χ0) is 17.6. The van der Waals surface area contributed by atoms with E-state index in [2.05, 4.69) is 16.4 Å². The van der Waals surface area contributed by atoms with Crippen molar-refractivity contribution in [3.63, 3.8) is 0 Å². The molecule has 1 aliphatic rings. The Kier molecular flexibility index (Phi) is 5.53. The summed E-state index contributed by atoms with van der Waals surface area (Å²) < 4.78 is 19.1. The van der Waals surface area contributed by atoms with Gasteiger partial charge in [0.25, 0.3) is 0 Å². The number of hydrogen-bond acceptors (Lipinski definition) is 2. The zero-order valence-electron chi connectivity index (χ0n) is 14.7. The molecule has 0 amide bonds. The molecule has 0 spiro atoms. The Bertz CT molecular complexity index is 747. The minimum Gasteiger partial charge on any atom is -0.493 e. The van der Waals surface area contributed by atoms with Gasteiger partial charge in [-0.25, -0.2) is 4.39 Å². The van der Waals surface area contributed by atoms with E-state index in [-0.39, 0.29) is 5.82 Å². The van der Waals surface area contributed by atoms with Crippen LogP contribution in [0.4, 0.5) is 4.39 Å². The summed E-state index contributed by atoms with van der Waals surface area (Å²) in [4.78, 5) is 6.35. The molecule has 1 N–H and O–H groups in total. The Morgan fingerprint density at radius 1 is 1.28 bits per heavy atom. The molecule has 1 heterocycles. The lowest BCUT2D eigenvalue weighted by atomic mass is 9.93. The van der Waals surface area contributed by atoms with E-state index in [1.165, 1.54) is 11.6 Å². The lowest BCUT2D eigenvalue weighted by Crippen LogP contribution is -2.40. The van der Waals surface area contributed by atoms with Gasteiger partial charge in [-0.2, -0.15) is 0 Å². The summed E-state index contributed by atoms with van der Waals surface area (Å²) in [6.45, 7) is 2.13. The van der Waals surface area contributed by atoms with Gasteiger partial charge >= 0.3 is 0 Å². The van der Waals surface area contributed by atoms with Gasteiger partial charge in [0.1, 0.15) is 11.6 Å². The van der Waals surface area contributed by atoms with Crippen molar-refractivity contribution in [1.29, 1.82) is 0 Å². The molecule has 25 heavy (non-hydrogen) atoms. The molecular formula is C20H24FN3O. The monoisotopic (exact) mass is 341 g/mol. The second-order valence-electron chi connectivity index (χ2n) is 6.29. The average molecular weight is 341 g/mol. The van der Waals surface area contributed by atoms with Crippen molar-refractivity contribution < 1.29 is 9.13 Å². The standard InChI is InChI=1S/C20H24FN3O/c1-22-20(24(2)14-15-6-5-7-17(21)12-15)23-13-16-10-11-25-19-9-4-3-8-18(16)19/h3-9,12,16H,10-11,13-14H2,1-2H3,(H,22,23). The molecule has 3 rings (SSSR count). The second kappa shape index (κ2) is 8.01. The highest BCUT2D eigenvalue weighted by molar-refractivity contribution is 5.79. The van der Waals surface area contributed by atoms with Gasteiger partial charge in [-0.05, 0) is 35.7 Å². The van der Waals surface area contributed by atoms with Crippen LogP contribution in [0.15, 0.2) is 53.5 Å². The van der Waals surface area contributed by atoms with Gasteiger partial charge in [0.2, 0.25) is 0 Å². The number of aliphatic imine (C=N–C) groups is 1. The highest BCUT2D eigenvalue weighted by Gasteiger charge is 2.21. The molecule has 0 aliphatic carbocycles. The van der Waals surface area contributed by atoms with Crippen molar-refractivity contribution in [3.05, 3.63) is 65.5 Å². The molecule has 132 valence electrons. The predicted octanol–water partition coefficient (Wildman–Crippen LogP) is 3.40. The third-order valence-corrected chi connectivity index (χ3v) is 4.47. The molecular weight excluding hydrogens is 317 g/mol. The number of nitrogens with one attached hydrogen (secondary N) is 1. The van der Waals surface area contributed by atoms with Crippen LogP contribution in [0.2, 0.25) is 0 Å². The van der Waals surface area contributed by atoms with E-state index in [1.54, 1.807) is 19.2 Å². The zero-order valence-corrected chi connectivity index (χ0v) is 14.7. The van der Waals surface area contributed by atoms with Crippen LogP contribution in [0.5, 0.6) is 5.75 Å². The van der Waals surface area contributed by atoms with E-state index >= 15 is 0 Å². The van der Waals surface area contributed by atoms with Crippen LogP contribution in [-0.4, -0.2) is 38.1 Å². The summed E-state index contributed by atoms with van der Waals surface area (Å²) in [5, 5.41) is 3.44. The lowest BCUT2D eigenvalue weighted by Gasteiger charge is -2.28. The van der Waals surface area contributed by atoms with Crippen molar-refractivity contribution in [1.82, 2.24) is 10.2 Å². The molecule has 1 unspecified atom stereocenters. The van der Waals surface area contributed by atoms with Crippen LogP contribution < -0.4 is 10.1 Å². The molecule has 4 nitrogen and oxygen atoms in total. The first-order chi connectivity index (χ1) is 12.2. The Labute approximate surface area is 148 Å². The number of rotatable bonds is 4. The van der Waals surface area contributed by atoms with Crippen molar-refractivity contribution >= 4 is 5.96 Å². The van der Waals surface area contributed by atoms with E-state index in [0.717, 1.165) is 36.8 Å². The molecule has 1 atom stereocenters. The first-order valence-corrected chi connectivity index (χ1v) is 8.55. The maximum atomic E-state index is 13.4. The summed E-state index contributed by atoms with van der Waals surface area (Å²) >= 11 is 0. The molecule has 1 aliphatic heterocycles. The normalized spacial score (nSPS) is 16.8. The Balaban J connectivity index is 1.61. The average Bonchev–Trinajstić information content (AvgIpc) is 2.62. The van der Waals surface area contributed by atoms with Gasteiger partial charge in [0, 0.05) is 33.1 Å². The molecule has 0 saturated heterocycles. The number of ether oxygens (including phenoxy) is 1. The number of fused-ring (bicyclic) bond motifs is 1. The number of benzene rings is 2. The third-order valence-electron chi connectivity index (χ3n) is 4.47. The van der Waals surface area contributed by atoms with Gasteiger partial charge in [-0.1, -0.05) is 30.3 Å². The van der Waals surface area contributed by atoms with Crippen molar-refractivity contribution in [2.45, 2.75) is 18.9 Å². The maximum absolute atomic E-state index is 13.4. The Hall–Kier alpha value is -2.56. The molecule has 5 heteroatoms. The summed E-state index contributed by atoms with van der Waals surface area (Å²) in [5.41, 5.74) is 2.16. The fourth-order valence-corrected chi connectivity index (χ4v) is 3.21. The summed E-state index contributed by atoms with van der Waals surface area (Å²) in [6, 6.07) is 14.9. The van der Waals surface area contributed by atoms with E-state index < -0.39 is 0 Å². The minimum absolute atomic E-state index is 0.215. The number of nitrogens with zero attached hydrogens (tertiary/aromatic N) is 2. The van der Waals surface area contributed by atoms with Gasteiger partial charge in [-0.15, -0.1) is 0 Å². The van der Waals surface area contributed by atoms with E-state index in [9.17, 15) is 4.39 Å². The van der Waals surface area contributed by atoms with Gasteiger partial charge in [0.15, 0.2) is 5.96 Å². The highest BCUT2D eigenvalue weighted by Crippen LogP contribution is 2.32. The predicted molar refractivity (Wildman–Crippen MR) is 98.5 cm³/mol. The molecule has 2 aromatic rings. The van der Waals surface area contributed by atoms with E-state index in [0.29, 0.717) is 12.5 Å². The van der Waals surface area contributed by atoms with Crippen LogP contribution in [0.25, 0.3) is 0 Å². The first-order valence-electron chi connectivity index (χ1n) is 8.55.